The molecule has 0 spiro atoms. The van der Waals surface area contributed by atoms with Gasteiger partial charge in [-0.3, -0.25) is 4.79 Å². The van der Waals surface area contributed by atoms with Gasteiger partial charge in [0.1, 0.15) is 17.8 Å². The molecule has 88 valence electrons. The van der Waals surface area contributed by atoms with Gasteiger partial charge in [0.2, 0.25) is 0 Å². The van der Waals surface area contributed by atoms with Gasteiger partial charge in [-0.25, -0.2) is 9.97 Å². The highest BCUT2D eigenvalue weighted by Crippen LogP contribution is 2.22. The van der Waals surface area contributed by atoms with Gasteiger partial charge in [-0.1, -0.05) is 23.9 Å². The first-order valence-electron chi connectivity index (χ1n) is 5.06. The first-order valence-corrected chi connectivity index (χ1v) is 6.04. The highest BCUT2D eigenvalue weighted by molar-refractivity contribution is 8.13. The Hall–Kier alpha value is -1.82. The van der Waals surface area contributed by atoms with Gasteiger partial charge in [0.25, 0.3) is 0 Å². The predicted octanol–water partition coefficient (Wildman–Crippen LogP) is 1.83. The number of H-pyrrole nitrogens is 1. The fourth-order valence-corrected chi connectivity index (χ4v) is 1.91. The molecule has 17 heavy (non-hydrogen) atoms. The quantitative estimate of drug-likeness (QED) is 0.865. The zero-order valence-corrected chi connectivity index (χ0v) is 10.1. The third-order valence-corrected chi connectivity index (χ3v) is 2.98. The minimum atomic E-state index is 0.108. The van der Waals surface area contributed by atoms with Crippen molar-refractivity contribution in [3.63, 3.8) is 0 Å². The maximum atomic E-state index is 10.8. The van der Waals surface area contributed by atoms with E-state index in [1.54, 1.807) is 6.92 Å². The van der Waals surface area contributed by atoms with E-state index in [1.807, 2.05) is 18.3 Å². The number of rotatable bonds is 3. The molecule has 6 heteroatoms. The van der Waals surface area contributed by atoms with Gasteiger partial charge in [0.05, 0.1) is 5.39 Å². The summed E-state index contributed by atoms with van der Waals surface area (Å²) in [5, 5.41) is 0.924. The molecule has 0 aliphatic rings. The van der Waals surface area contributed by atoms with E-state index >= 15 is 0 Å². The van der Waals surface area contributed by atoms with Crippen LogP contribution < -0.4 is 5.73 Å². The number of nitrogens with zero attached hydrogens (tertiary/aromatic N) is 2. The number of anilines is 1. The second-order valence-electron chi connectivity index (χ2n) is 3.43. The van der Waals surface area contributed by atoms with Crippen LogP contribution in [0, 0.1) is 0 Å². The van der Waals surface area contributed by atoms with Gasteiger partial charge in [-0.05, 0) is 0 Å². The Kier molecular flexibility index (Phi) is 3.43. The van der Waals surface area contributed by atoms with Crippen LogP contribution in [0.1, 0.15) is 12.5 Å². The summed E-state index contributed by atoms with van der Waals surface area (Å²) in [4.78, 5) is 21.8. The molecule has 0 aliphatic carbocycles. The van der Waals surface area contributed by atoms with E-state index in [1.165, 1.54) is 18.1 Å². The number of carbonyl (C=O) groups excluding carboxylic acids is 1. The molecular weight excluding hydrogens is 236 g/mol. The monoisotopic (exact) mass is 248 g/mol. The normalized spacial score (nSPS) is 11.4. The molecule has 0 bridgehead atoms. The van der Waals surface area contributed by atoms with Crippen LogP contribution in [0.2, 0.25) is 0 Å². The van der Waals surface area contributed by atoms with E-state index in [0.29, 0.717) is 11.6 Å². The third-order valence-electron chi connectivity index (χ3n) is 2.21. The number of nitrogens with one attached hydrogen (secondary N) is 1. The molecule has 0 fully saturated rings. The van der Waals surface area contributed by atoms with E-state index in [4.69, 9.17) is 5.73 Å². The van der Waals surface area contributed by atoms with Crippen LogP contribution in [0.25, 0.3) is 17.1 Å². The summed E-state index contributed by atoms with van der Waals surface area (Å²) in [6.45, 7) is 1.55. The van der Waals surface area contributed by atoms with Crippen molar-refractivity contribution >= 4 is 39.8 Å². The Balaban J connectivity index is 2.22. The second-order valence-corrected chi connectivity index (χ2v) is 4.63. The molecule has 0 atom stereocenters. The minimum Gasteiger partial charge on any atom is -0.383 e. The maximum absolute atomic E-state index is 10.8. The Morgan fingerprint density at radius 2 is 2.41 bits per heavy atom. The molecule has 2 heterocycles. The number of nitrogens with two attached hydrogens (primary N) is 1. The van der Waals surface area contributed by atoms with Crippen molar-refractivity contribution in [2.45, 2.75) is 6.92 Å². The molecule has 2 rings (SSSR count). The highest BCUT2D eigenvalue weighted by Gasteiger charge is 2.05. The molecule has 0 unspecified atom stereocenters. The smallest absolute Gasteiger partial charge is 0.186 e. The van der Waals surface area contributed by atoms with Gasteiger partial charge in [0, 0.05) is 24.4 Å². The lowest BCUT2D eigenvalue weighted by Gasteiger charge is -1.95. The predicted molar refractivity (Wildman–Crippen MR) is 70.5 cm³/mol. The van der Waals surface area contributed by atoms with Crippen molar-refractivity contribution in [3.05, 3.63) is 24.2 Å². The fourth-order valence-electron chi connectivity index (χ4n) is 1.48. The molecule has 0 aromatic carbocycles. The van der Waals surface area contributed by atoms with E-state index < -0.39 is 0 Å². The van der Waals surface area contributed by atoms with Crippen LogP contribution in [0.3, 0.4) is 0 Å². The molecule has 0 amide bonds. The molecule has 0 radical (unpaired) electrons. The van der Waals surface area contributed by atoms with Gasteiger partial charge >= 0.3 is 0 Å². The Morgan fingerprint density at radius 1 is 1.59 bits per heavy atom. The first-order chi connectivity index (χ1) is 8.18. The molecule has 0 saturated carbocycles. The molecule has 2 aromatic heterocycles. The van der Waals surface area contributed by atoms with Gasteiger partial charge in [-0.15, -0.1) is 0 Å². The van der Waals surface area contributed by atoms with Gasteiger partial charge in [0.15, 0.2) is 5.12 Å². The highest BCUT2D eigenvalue weighted by atomic mass is 32.2. The summed E-state index contributed by atoms with van der Waals surface area (Å²) >= 11 is 1.26. The number of thioether (sulfide) groups is 1. The maximum Gasteiger partial charge on any atom is 0.186 e. The summed E-state index contributed by atoms with van der Waals surface area (Å²) in [6, 6.07) is 0. The van der Waals surface area contributed by atoms with E-state index in [2.05, 4.69) is 15.0 Å². The zero-order chi connectivity index (χ0) is 12.3. The summed E-state index contributed by atoms with van der Waals surface area (Å²) in [7, 11) is 0. The minimum absolute atomic E-state index is 0.108. The van der Waals surface area contributed by atoms with Crippen LogP contribution in [-0.4, -0.2) is 25.8 Å². The van der Waals surface area contributed by atoms with Crippen molar-refractivity contribution in [3.8, 4) is 0 Å². The number of aromatic amines is 1. The van der Waals surface area contributed by atoms with Crippen LogP contribution in [0.4, 0.5) is 5.82 Å². The largest absolute Gasteiger partial charge is 0.383 e. The lowest BCUT2D eigenvalue weighted by Crippen LogP contribution is -1.92. The van der Waals surface area contributed by atoms with Crippen molar-refractivity contribution in [2.75, 3.05) is 11.5 Å². The van der Waals surface area contributed by atoms with Crippen molar-refractivity contribution < 1.29 is 4.79 Å². The summed E-state index contributed by atoms with van der Waals surface area (Å²) in [5.74, 6) is 1.10. The number of hydrogen-bond donors (Lipinski definition) is 2. The Bertz CT molecular complexity index is 576. The van der Waals surface area contributed by atoms with Crippen molar-refractivity contribution in [1.82, 2.24) is 15.0 Å². The molecule has 0 aliphatic heterocycles. The first kappa shape index (κ1) is 11.7. The third kappa shape index (κ3) is 2.65. The molecule has 0 saturated heterocycles. The lowest BCUT2D eigenvalue weighted by molar-refractivity contribution is -0.109. The Labute approximate surface area is 103 Å². The van der Waals surface area contributed by atoms with Gasteiger partial charge < -0.3 is 10.7 Å². The van der Waals surface area contributed by atoms with Crippen molar-refractivity contribution in [2.24, 2.45) is 0 Å². The van der Waals surface area contributed by atoms with E-state index in [-0.39, 0.29) is 5.12 Å². The van der Waals surface area contributed by atoms with Crippen LogP contribution in [-0.2, 0) is 4.79 Å². The van der Waals surface area contributed by atoms with Gasteiger partial charge in [-0.2, -0.15) is 0 Å². The van der Waals surface area contributed by atoms with Crippen LogP contribution in [0.5, 0.6) is 0 Å². The lowest BCUT2D eigenvalue weighted by atomic mass is 10.2. The summed E-state index contributed by atoms with van der Waals surface area (Å²) in [5.41, 5.74) is 7.44. The van der Waals surface area contributed by atoms with E-state index in [9.17, 15) is 4.79 Å². The van der Waals surface area contributed by atoms with Crippen LogP contribution >= 0.6 is 11.8 Å². The second kappa shape index (κ2) is 5.01. The molecule has 5 nitrogen and oxygen atoms in total. The Morgan fingerprint density at radius 3 is 3.18 bits per heavy atom. The summed E-state index contributed by atoms with van der Waals surface area (Å²) < 4.78 is 0. The van der Waals surface area contributed by atoms with E-state index in [0.717, 1.165) is 16.6 Å². The fraction of sp³-hybridized carbons (Fsp3) is 0.182. The molecular formula is C11H12N4OS. The number of nitrogen functional groups attached to an aromatic ring is 1. The standard InChI is InChI=1S/C11H12N4OS/c1-7(16)17-4-2-3-8-5-13-11-9(8)10(12)14-6-15-11/h2-3,5-6H,4H2,1H3,(H3,12,13,14,15). The topological polar surface area (TPSA) is 84.7 Å². The number of carbonyl (C=O) groups is 1. The molecule has 2 aromatic rings. The number of fused-ring (bicyclic) bond motifs is 1. The average Bonchev–Trinajstić information content (AvgIpc) is 2.69. The number of hydrogen-bond acceptors (Lipinski definition) is 5. The SMILES string of the molecule is CC(=O)SCC=Cc1c[nH]c2ncnc(N)c12. The number of aromatic nitrogens is 3. The zero-order valence-electron chi connectivity index (χ0n) is 9.30. The molecule has 3 N–H and O–H groups in total. The average molecular weight is 248 g/mol. The summed E-state index contributed by atoms with van der Waals surface area (Å²) in [6.07, 6.45) is 7.08. The van der Waals surface area contributed by atoms with Crippen molar-refractivity contribution in [1.29, 1.82) is 0 Å². The van der Waals surface area contributed by atoms with Crippen LogP contribution in [0.15, 0.2) is 18.6 Å².